The summed E-state index contributed by atoms with van der Waals surface area (Å²) in [5.41, 5.74) is 2.55. The van der Waals surface area contributed by atoms with E-state index in [0.29, 0.717) is 35.5 Å². The molecule has 0 aliphatic rings. The van der Waals surface area contributed by atoms with Crippen molar-refractivity contribution in [1.82, 2.24) is 0 Å². The Labute approximate surface area is 198 Å². The molecule has 0 bridgehead atoms. The zero-order chi connectivity index (χ0) is 23.9. The van der Waals surface area contributed by atoms with Crippen molar-refractivity contribution < 1.29 is 19.1 Å². The van der Waals surface area contributed by atoms with Gasteiger partial charge in [-0.3, -0.25) is 0 Å². The fourth-order valence-electron chi connectivity index (χ4n) is 3.67. The third-order valence-corrected chi connectivity index (χ3v) is 5.39. The number of rotatable bonds is 8. The van der Waals surface area contributed by atoms with Crippen molar-refractivity contribution in [3.63, 3.8) is 0 Å². The van der Waals surface area contributed by atoms with Crippen molar-refractivity contribution in [3.8, 4) is 11.5 Å². The lowest BCUT2D eigenvalue weighted by atomic mass is 10.0. The summed E-state index contributed by atoms with van der Waals surface area (Å²) in [6.07, 6.45) is 4.73. The van der Waals surface area contributed by atoms with Gasteiger partial charge in [0, 0.05) is 0 Å². The summed E-state index contributed by atoms with van der Waals surface area (Å²) in [4.78, 5) is 25.7. The van der Waals surface area contributed by atoms with Gasteiger partial charge >= 0.3 is 11.9 Å². The number of ether oxygens (including phenoxy) is 2. The molecule has 34 heavy (non-hydrogen) atoms. The second kappa shape index (κ2) is 10.5. The first kappa shape index (κ1) is 22.7. The van der Waals surface area contributed by atoms with E-state index >= 15 is 0 Å². The zero-order valence-electron chi connectivity index (χ0n) is 18.7. The molecule has 0 spiro atoms. The van der Waals surface area contributed by atoms with E-state index in [-0.39, 0.29) is 0 Å². The van der Waals surface area contributed by atoms with Crippen molar-refractivity contribution in [2.45, 2.75) is 12.8 Å². The van der Waals surface area contributed by atoms with Gasteiger partial charge in [0.15, 0.2) is 0 Å². The molecule has 0 aromatic heterocycles. The van der Waals surface area contributed by atoms with E-state index in [9.17, 15) is 9.59 Å². The van der Waals surface area contributed by atoms with Crippen LogP contribution in [0.4, 0.5) is 0 Å². The molecule has 4 aromatic carbocycles. The Bertz CT molecular complexity index is 1280. The average Bonchev–Trinajstić information content (AvgIpc) is 2.86. The zero-order valence-corrected chi connectivity index (χ0v) is 18.7. The number of carbonyl (C=O) groups excluding carboxylic acids is 2. The number of carbonyl (C=O) groups is 2. The molecule has 4 heteroatoms. The molecule has 0 N–H and O–H groups in total. The van der Waals surface area contributed by atoms with Gasteiger partial charge in [0.2, 0.25) is 0 Å². The van der Waals surface area contributed by atoms with Crippen LogP contribution in [0, 0.1) is 0 Å². The average molecular weight is 449 g/mol. The molecule has 4 nitrogen and oxygen atoms in total. The van der Waals surface area contributed by atoms with E-state index < -0.39 is 11.9 Å². The Balaban J connectivity index is 1.57. The first-order chi connectivity index (χ1) is 16.6. The normalized spacial score (nSPS) is 10.5. The van der Waals surface area contributed by atoms with E-state index in [2.05, 4.69) is 13.2 Å². The van der Waals surface area contributed by atoms with Crippen LogP contribution in [0.1, 0.15) is 31.8 Å². The number of allylic oxidation sites excluding steroid dienone is 2. The lowest BCUT2D eigenvalue weighted by molar-refractivity contribution is 0.0724. The SMILES string of the molecule is C=CCc1ccccc1OC(=O)c1ccc2ccc(C(=O)Oc3ccccc3CC=C)cc2c1. The molecule has 0 saturated heterocycles. The van der Waals surface area contributed by atoms with Crippen LogP contribution in [-0.2, 0) is 12.8 Å². The van der Waals surface area contributed by atoms with Gasteiger partial charge in [0.1, 0.15) is 11.5 Å². The number of para-hydroxylation sites is 2. The summed E-state index contributed by atoms with van der Waals surface area (Å²) in [6, 6.07) is 25.3. The van der Waals surface area contributed by atoms with Crippen molar-refractivity contribution >= 4 is 22.7 Å². The smallest absolute Gasteiger partial charge is 0.343 e. The Hall–Kier alpha value is -4.44. The number of fused-ring (bicyclic) bond motifs is 1. The molecule has 0 aliphatic heterocycles. The number of hydrogen-bond acceptors (Lipinski definition) is 4. The van der Waals surface area contributed by atoms with Gasteiger partial charge in [-0.05, 0) is 71.1 Å². The minimum atomic E-state index is -0.468. The second-order valence-electron chi connectivity index (χ2n) is 7.76. The predicted molar refractivity (Wildman–Crippen MR) is 135 cm³/mol. The van der Waals surface area contributed by atoms with Crippen LogP contribution >= 0.6 is 0 Å². The van der Waals surface area contributed by atoms with Crippen LogP contribution in [0.25, 0.3) is 10.8 Å². The molecule has 0 amide bonds. The summed E-state index contributed by atoms with van der Waals surface area (Å²) in [5.74, 6) is 0.0699. The van der Waals surface area contributed by atoms with E-state index in [1.807, 2.05) is 48.5 Å². The lowest BCUT2D eigenvalue weighted by Crippen LogP contribution is -2.11. The van der Waals surface area contributed by atoms with Crippen LogP contribution < -0.4 is 9.47 Å². The Morgan fingerprint density at radius 3 is 1.50 bits per heavy atom. The van der Waals surface area contributed by atoms with Gasteiger partial charge < -0.3 is 9.47 Å². The fraction of sp³-hybridized carbons (Fsp3) is 0.0667. The Kier molecular flexibility index (Phi) is 6.99. The van der Waals surface area contributed by atoms with Crippen molar-refractivity contribution in [3.05, 3.63) is 132 Å². The van der Waals surface area contributed by atoms with Gasteiger partial charge in [0.25, 0.3) is 0 Å². The number of esters is 2. The summed E-state index contributed by atoms with van der Waals surface area (Å²) in [7, 11) is 0. The van der Waals surface area contributed by atoms with E-state index in [1.165, 1.54) is 0 Å². The molecule has 0 unspecified atom stereocenters. The Morgan fingerprint density at radius 1 is 0.618 bits per heavy atom. The highest BCUT2D eigenvalue weighted by atomic mass is 16.5. The maximum atomic E-state index is 12.8. The number of hydrogen-bond donors (Lipinski definition) is 0. The molecule has 168 valence electrons. The van der Waals surface area contributed by atoms with Crippen molar-refractivity contribution in [1.29, 1.82) is 0 Å². The van der Waals surface area contributed by atoms with Crippen LogP contribution in [0.2, 0.25) is 0 Å². The van der Waals surface area contributed by atoms with E-state index in [1.54, 1.807) is 48.6 Å². The van der Waals surface area contributed by atoms with E-state index in [4.69, 9.17) is 9.47 Å². The third-order valence-electron chi connectivity index (χ3n) is 5.39. The molecule has 0 atom stereocenters. The van der Waals surface area contributed by atoms with Gasteiger partial charge in [-0.2, -0.15) is 0 Å². The van der Waals surface area contributed by atoms with Crippen molar-refractivity contribution in [2.75, 3.05) is 0 Å². The highest BCUT2D eigenvalue weighted by Crippen LogP contribution is 2.24. The summed E-state index contributed by atoms with van der Waals surface area (Å²) in [5, 5.41) is 1.63. The monoisotopic (exact) mass is 448 g/mol. The molecular formula is C30H24O4. The van der Waals surface area contributed by atoms with Gasteiger partial charge in [-0.15, -0.1) is 13.2 Å². The first-order valence-electron chi connectivity index (χ1n) is 10.9. The standard InChI is InChI=1S/C30H24O4/c1-3-9-22-11-5-7-13-27(22)33-29(31)24-17-15-21-16-18-25(20-26(21)19-24)30(32)34-28-14-8-6-12-23(28)10-4-2/h3-8,11-20H,1-2,9-10H2. The predicted octanol–water partition coefficient (Wildman–Crippen LogP) is 6.74. The largest absolute Gasteiger partial charge is 0.423 e. The summed E-state index contributed by atoms with van der Waals surface area (Å²) >= 11 is 0. The molecule has 4 aromatic rings. The minimum Gasteiger partial charge on any atom is -0.423 e. The quantitative estimate of drug-likeness (QED) is 0.170. The Morgan fingerprint density at radius 2 is 1.06 bits per heavy atom. The van der Waals surface area contributed by atoms with Crippen LogP contribution in [-0.4, -0.2) is 11.9 Å². The van der Waals surface area contributed by atoms with Crippen molar-refractivity contribution in [2.24, 2.45) is 0 Å². The first-order valence-corrected chi connectivity index (χ1v) is 10.9. The van der Waals surface area contributed by atoms with Crippen LogP contribution in [0.5, 0.6) is 11.5 Å². The second-order valence-corrected chi connectivity index (χ2v) is 7.76. The van der Waals surface area contributed by atoms with E-state index in [0.717, 1.165) is 21.9 Å². The minimum absolute atomic E-state index is 0.391. The molecule has 0 heterocycles. The van der Waals surface area contributed by atoms with Gasteiger partial charge in [0.05, 0.1) is 11.1 Å². The topological polar surface area (TPSA) is 52.6 Å². The van der Waals surface area contributed by atoms with Gasteiger partial charge in [-0.1, -0.05) is 60.7 Å². The molecule has 0 aliphatic carbocycles. The molecular weight excluding hydrogens is 424 g/mol. The molecule has 4 rings (SSSR count). The maximum Gasteiger partial charge on any atom is 0.343 e. The molecule has 0 radical (unpaired) electrons. The highest BCUT2D eigenvalue weighted by Gasteiger charge is 2.14. The van der Waals surface area contributed by atoms with Crippen LogP contribution in [0.15, 0.2) is 110 Å². The molecule has 0 fully saturated rings. The number of benzene rings is 4. The fourth-order valence-corrected chi connectivity index (χ4v) is 3.67. The summed E-state index contributed by atoms with van der Waals surface area (Å²) < 4.78 is 11.3. The van der Waals surface area contributed by atoms with Gasteiger partial charge in [-0.25, -0.2) is 9.59 Å². The van der Waals surface area contributed by atoms with Crippen LogP contribution in [0.3, 0.4) is 0 Å². The molecule has 0 saturated carbocycles. The third kappa shape index (κ3) is 5.13. The summed E-state index contributed by atoms with van der Waals surface area (Å²) in [6.45, 7) is 7.50. The highest BCUT2D eigenvalue weighted by molar-refractivity contribution is 6.00. The lowest BCUT2D eigenvalue weighted by Gasteiger charge is -2.10. The maximum absolute atomic E-state index is 12.8.